The molecule has 0 aromatic heterocycles. The van der Waals surface area contributed by atoms with Crippen LogP contribution in [0.2, 0.25) is 0 Å². The molecule has 1 unspecified atom stereocenters. The number of hydrogen-bond acceptors (Lipinski definition) is 6. The van der Waals surface area contributed by atoms with Gasteiger partial charge in [-0.25, -0.2) is 4.79 Å². The molecule has 5 rings (SSSR count). The van der Waals surface area contributed by atoms with Crippen molar-refractivity contribution in [2.75, 3.05) is 52.4 Å². The van der Waals surface area contributed by atoms with Gasteiger partial charge in [0.2, 0.25) is 0 Å². The van der Waals surface area contributed by atoms with E-state index in [-0.39, 0.29) is 23.8 Å². The van der Waals surface area contributed by atoms with Crippen LogP contribution in [0.25, 0.3) is 0 Å². The maximum absolute atomic E-state index is 13.5. The normalized spacial score (nSPS) is 23.5. The van der Waals surface area contributed by atoms with E-state index in [4.69, 9.17) is 4.74 Å². The standard InChI is InChI=1S/C31H42N4O4/c1-4-39-31(38)33-15-13-32(14-16-33)30(37)27-9-5-7-25(17-27)29(26-8-6-10-28(36)18-26)35-20-22(2)34(19-23(35)3)21-24-11-12-24/h5-10,17-18,22-24,29,36H,4,11-16,19-21H2,1-3H3/t22-,23+,29?/m1/s1. The van der Waals surface area contributed by atoms with Crippen LogP contribution in [0.1, 0.15) is 61.1 Å². The molecule has 1 saturated carbocycles. The Balaban J connectivity index is 1.37. The molecule has 3 aliphatic rings. The maximum Gasteiger partial charge on any atom is 0.409 e. The van der Waals surface area contributed by atoms with E-state index in [2.05, 4.69) is 35.8 Å². The zero-order chi connectivity index (χ0) is 27.5. The third kappa shape index (κ3) is 6.39. The monoisotopic (exact) mass is 534 g/mol. The van der Waals surface area contributed by atoms with Gasteiger partial charge in [-0.15, -0.1) is 0 Å². The van der Waals surface area contributed by atoms with E-state index in [0.717, 1.165) is 30.1 Å². The van der Waals surface area contributed by atoms with Crippen molar-refractivity contribution in [3.05, 3.63) is 65.2 Å². The van der Waals surface area contributed by atoms with Gasteiger partial charge in [-0.05, 0) is 74.9 Å². The summed E-state index contributed by atoms with van der Waals surface area (Å²) in [6.45, 7) is 11.8. The Kier molecular flexibility index (Phi) is 8.43. The van der Waals surface area contributed by atoms with Crippen LogP contribution in [0, 0.1) is 5.92 Å². The number of rotatable bonds is 7. The first-order chi connectivity index (χ1) is 18.8. The van der Waals surface area contributed by atoms with Crippen molar-refractivity contribution in [3.8, 4) is 5.75 Å². The van der Waals surface area contributed by atoms with Crippen molar-refractivity contribution in [1.29, 1.82) is 0 Å². The van der Waals surface area contributed by atoms with E-state index in [1.165, 1.54) is 19.4 Å². The average Bonchev–Trinajstić information content (AvgIpc) is 3.76. The first-order valence-electron chi connectivity index (χ1n) is 14.4. The number of benzene rings is 2. The second-order valence-electron chi connectivity index (χ2n) is 11.4. The molecular weight excluding hydrogens is 492 g/mol. The SMILES string of the molecule is CCOC(=O)N1CCN(C(=O)c2cccc(C(c3cccc(O)c3)N3C[C@@H](C)N(CC4CC4)C[C@@H]3C)c2)CC1. The molecule has 0 spiro atoms. The molecule has 8 heteroatoms. The molecule has 1 aliphatic carbocycles. The fourth-order valence-electron chi connectivity index (χ4n) is 6.07. The van der Waals surface area contributed by atoms with Crippen LogP contribution >= 0.6 is 0 Å². The maximum atomic E-state index is 13.5. The second-order valence-corrected chi connectivity index (χ2v) is 11.4. The fourth-order valence-corrected chi connectivity index (χ4v) is 6.07. The topological polar surface area (TPSA) is 76.6 Å². The van der Waals surface area contributed by atoms with Gasteiger partial charge in [-0.2, -0.15) is 0 Å². The molecule has 3 fully saturated rings. The highest BCUT2D eigenvalue weighted by Crippen LogP contribution is 2.37. The lowest BCUT2D eigenvalue weighted by molar-refractivity contribution is 0.0215. The molecule has 8 nitrogen and oxygen atoms in total. The third-order valence-electron chi connectivity index (χ3n) is 8.41. The van der Waals surface area contributed by atoms with Crippen LogP contribution in [0.15, 0.2) is 48.5 Å². The van der Waals surface area contributed by atoms with Crippen LogP contribution in [0.5, 0.6) is 5.75 Å². The highest BCUT2D eigenvalue weighted by molar-refractivity contribution is 5.94. The number of piperazine rings is 2. The van der Waals surface area contributed by atoms with Crippen molar-refractivity contribution in [2.24, 2.45) is 5.92 Å². The van der Waals surface area contributed by atoms with Crippen LogP contribution < -0.4 is 0 Å². The molecule has 2 saturated heterocycles. The molecule has 2 aromatic rings. The lowest BCUT2D eigenvalue weighted by Crippen LogP contribution is -2.57. The van der Waals surface area contributed by atoms with Crippen LogP contribution in [-0.4, -0.2) is 101 Å². The summed E-state index contributed by atoms with van der Waals surface area (Å²) in [5.41, 5.74) is 2.72. The lowest BCUT2D eigenvalue weighted by atomic mass is 9.92. The van der Waals surface area contributed by atoms with Gasteiger partial charge in [-0.1, -0.05) is 24.3 Å². The highest BCUT2D eigenvalue weighted by Gasteiger charge is 2.37. The van der Waals surface area contributed by atoms with Gasteiger partial charge >= 0.3 is 6.09 Å². The van der Waals surface area contributed by atoms with Crippen molar-refractivity contribution in [2.45, 2.75) is 51.7 Å². The molecule has 3 atom stereocenters. The summed E-state index contributed by atoms with van der Waals surface area (Å²) < 4.78 is 5.11. The minimum atomic E-state index is -0.318. The van der Waals surface area contributed by atoms with Gasteiger partial charge in [0.25, 0.3) is 5.91 Å². The molecule has 0 radical (unpaired) electrons. The summed E-state index contributed by atoms with van der Waals surface area (Å²) in [4.78, 5) is 34.3. The summed E-state index contributed by atoms with van der Waals surface area (Å²) in [5, 5.41) is 10.4. The van der Waals surface area contributed by atoms with E-state index >= 15 is 0 Å². The van der Waals surface area contributed by atoms with E-state index in [9.17, 15) is 14.7 Å². The number of carbonyl (C=O) groups excluding carboxylic acids is 2. The first-order valence-corrected chi connectivity index (χ1v) is 14.4. The van der Waals surface area contributed by atoms with Gasteiger partial charge in [0.05, 0.1) is 12.6 Å². The summed E-state index contributed by atoms with van der Waals surface area (Å²) in [5.74, 6) is 1.08. The molecule has 2 heterocycles. The number of aromatic hydroxyl groups is 1. The molecule has 39 heavy (non-hydrogen) atoms. The fraction of sp³-hybridized carbons (Fsp3) is 0.548. The smallest absolute Gasteiger partial charge is 0.409 e. The number of ether oxygens (including phenoxy) is 1. The van der Waals surface area contributed by atoms with Gasteiger partial charge < -0.3 is 19.6 Å². The molecule has 210 valence electrons. The molecular formula is C31H42N4O4. The summed E-state index contributed by atoms with van der Waals surface area (Å²) in [6, 6.07) is 16.1. The average molecular weight is 535 g/mol. The Morgan fingerprint density at radius 2 is 1.59 bits per heavy atom. The van der Waals surface area contributed by atoms with E-state index < -0.39 is 0 Å². The summed E-state index contributed by atoms with van der Waals surface area (Å²) >= 11 is 0. The highest BCUT2D eigenvalue weighted by atomic mass is 16.6. The van der Waals surface area contributed by atoms with E-state index in [0.29, 0.717) is 50.4 Å². The van der Waals surface area contributed by atoms with Gasteiger partial charge in [0.15, 0.2) is 0 Å². The van der Waals surface area contributed by atoms with E-state index in [1.54, 1.807) is 17.9 Å². The largest absolute Gasteiger partial charge is 0.508 e. The number of hydrogen-bond donors (Lipinski definition) is 1. The number of nitrogens with zero attached hydrogens (tertiary/aromatic N) is 4. The predicted molar refractivity (Wildman–Crippen MR) is 151 cm³/mol. The number of amides is 2. The molecule has 1 N–H and O–H groups in total. The van der Waals surface area contributed by atoms with Crippen LogP contribution in [0.4, 0.5) is 4.79 Å². The Morgan fingerprint density at radius 1 is 0.923 bits per heavy atom. The lowest BCUT2D eigenvalue weighted by Gasteiger charge is -2.48. The van der Waals surface area contributed by atoms with E-state index in [1.807, 2.05) is 35.2 Å². The van der Waals surface area contributed by atoms with Crippen molar-refractivity contribution in [3.63, 3.8) is 0 Å². The van der Waals surface area contributed by atoms with Gasteiger partial charge in [0, 0.05) is 63.5 Å². The number of phenolic OH excluding ortho intramolecular Hbond substituents is 1. The van der Waals surface area contributed by atoms with Crippen LogP contribution in [-0.2, 0) is 4.74 Å². The number of phenols is 1. The number of carbonyl (C=O) groups is 2. The zero-order valence-electron chi connectivity index (χ0n) is 23.5. The summed E-state index contributed by atoms with van der Waals surface area (Å²) in [7, 11) is 0. The molecule has 0 bridgehead atoms. The first kappa shape index (κ1) is 27.5. The van der Waals surface area contributed by atoms with Crippen molar-refractivity contribution < 1.29 is 19.4 Å². The Labute approximate surface area is 232 Å². The Hall–Kier alpha value is -3.10. The second kappa shape index (κ2) is 12.0. The van der Waals surface area contributed by atoms with Gasteiger partial charge in [0.1, 0.15) is 5.75 Å². The van der Waals surface area contributed by atoms with Crippen LogP contribution in [0.3, 0.4) is 0 Å². The van der Waals surface area contributed by atoms with Crippen molar-refractivity contribution >= 4 is 12.0 Å². The third-order valence-corrected chi connectivity index (χ3v) is 8.41. The Morgan fingerprint density at radius 3 is 2.26 bits per heavy atom. The minimum absolute atomic E-state index is 0.0225. The van der Waals surface area contributed by atoms with Crippen molar-refractivity contribution in [1.82, 2.24) is 19.6 Å². The minimum Gasteiger partial charge on any atom is -0.508 e. The molecule has 2 amide bonds. The Bertz CT molecular complexity index is 1160. The predicted octanol–water partition coefficient (Wildman–Crippen LogP) is 4.20. The molecule has 2 aromatic carbocycles. The van der Waals surface area contributed by atoms with Gasteiger partial charge in [-0.3, -0.25) is 14.6 Å². The molecule has 2 aliphatic heterocycles. The zero-order valence-corrected chi connectivity index (χ0v) is 23.5. The summed E-state index contributed by atoms with van der Waals surface area (Å²) in [6.07, 6.45) is 2.39. The quantitative estimate of drug-likeness (QED) is 0.574.